The van der Waals surface area contributed by atoms with Crippen LogP contribution >= 0.6 is 0 Å². The van der Waals surface area contributed by atoms with E-state index in [9.17, 15) is 19.5 Å². The standard InChI is InChI=1S/C13H18N2O5/c16-10-5-8(6-15(10)9-1-2-9)11(17)14-13(12(18)19)3-4-20-7-13/h8-9H,1-7H2,(H,14,17)(H,18,19). The van der Waals surface area contributed by atoms with Crippen LogP contribution < -0.4 is 5.32 Å². The fraction of sp³-hybridized carbons (Fsp3) is 0.769. The number of hydrogen-bond donors (Lipinski definition) is 2. The molecule has 3 rings (SSSR count). The van der Waals surface area contributed by atoms with Gasteiger partial charge in [0.05, 0.1) is 12.5 Å². The summed E-state index contributed by atoms with van der Waals surface area (Å²) in [6, 6.07) is 0.295. The van der Waals surface area contributed by atoms with Gasteiger partial charge in [-0.25, -0.2) is 4.79 Å². The largest absolute Gasteiger partial charge is 0.479 e. The molecule has 2 aliphatic heterocycles. The Morgan fingerprint density at radius 3 is 2.70 bits per heavy atom. The highest BCUT2D eigenvalue weighted by molar-refractivity contribution is 5.93. The van der Waals surface area contributed by atoms with Gasteiger partial charge in [-0.05, 0) is 12.8 Å². The van der Waals surface area contributed by atoms with E-state index in [1.165, 1.54) is 0 Å². The Morgan fingerprint density at radius 1 is 1.40 bits per heavy atom. The number of carboxylic acids is 1. The molecule has 2 atom stereocenters. The van der Waals surface area contributed by atoms with Crippen molar-refractivity contribution in [1.29, 1.82) is 0 Å². The molecule has 2 amide bonds. The maximum atomic E-state index is 12.2. The topological polar surface area (TPSA) is 95.9 Å². The van der Waals surface area contributed by atoms with E-state index >= 15 is 0 Å². The third-order valence-corrected chi connectivity index (χ3v) is 4.31. The molecule has 0 aromatic rings. The minimum Gasteiger partial charge on any atom is -0.479 e. The Balaban J connectivity index is 1.64. The van der Waals surface area contributed by atoms with Crippen molar-refractivity contribution in [1.82, 2.24) is 10.2 Å². The van der Waals surface area contributed by atoms with Crippen molar-refractivity contribution in [3.8, 4) is 0 Å². The van der Waals surface area contributed by atoms with Gasteiger partial charge >= 0.3 is 5.97 Å². The molecule has 0 bridgehead atoms. The monoisotopic (exact) mass is 282 g/mol. The van der Waals surface area contributed by atoms with Gasteiger partial charge in [-0.15, -0.1) is 0 Å². The van der Waals surface area contributed by atoms with Gasteiger partial charge in [-0.3, -0.25) is 9.59 Å². The highest BCUT2D eigenvalue weighted by atomic mass is 16.5. The molecule has 20 heavy (non-hydrogen) atoms. The zero-order valence-corrected chi connectivity index (χ0v) is 11.1. The summed E-state index contributed by atoms with van der Waals surface area (Å²) >= 11 is 0. The first-order valence-corrected chi connectivity index (χ1v) is 6.94. The lowest BCUT2D eigenvalue weighted by molar-refractivity contribution is -0.148. The van der Waals surface area contributed by atoms with Gasteiger partial charge in [0.15, 0.2) is 5.54 Å². The van der Waals surface area contributed by atoms with E-state index in [0.29, 0.717) is 19.2 Å². The molecule has 2 N–H and O–H groups in total. The van der Waals surface area contributed by atoms with E-state index in [0.717, 1.165) is 12.8 Å². The quantitative estimate of drug-likeness (QED) is 0.715. The van der Waals surface area contributed by atoms with Gasteiger partial charge < -0.3 is 20.1 Å². The van der Waals surface area contributed by atoms with Crippen LogP contribution in [0.4, 0.5) is 0 Å². The average Bonchev–Trinajstić information content (AvgIpc) is 2.99. The molecule has 2 heterocycles. The molecule has 7 nitrogen and oxygen atoms in total. The van der Waals surface area contributed by atoms with Gasteiger partial charge in [-0.2, -0.15) is 0 Å². The third-order valence-electron chi connectivity index (χ3n) is 4.31. The maximum absolute atomic E-state index is 12.2. The molecule has 1 aliphatic carbocycles. The number of nitrogens with one attached hydrogen (secondary N) is 1. The SMILES string of the molecule is O=C(NC1(C(=O)O)CCOC1)C1CC(=O)N(C2CC2)C1. The van der Waals surface area contributed by atoms with Gasteiger partial charge in [0.1, 0.15) is 0 Å². The molecule has 110 valence electrons. The van der Waals surface area contributed by atoms with E-state index in [2.05, 4.69) is 5.32 Å². The minimum atomic E-state index is -1.33. The van der Waals surface area contributed by atoms with Crippen LogP contribution in [0.2, 0.25) is 0 Å². The number of nitrogens with zero attached hydrogens (tertiary/aromatic N) is 1. The van der Waals surface area contributed by atoms with E-state index in [4.69, 9.17) is 4.74 Å². The second-order valence-electron chi connectivity index (χ2n) is 5.86. The predicted octanol–water partition coefficient (Wildman–Crippen LogP) is -0.643. The van der Waals surface area contributed by atoms with Crippen molar-refractivity contribution in [3.63, 3.8) is 0 Å². The smallest absolute Gasteiger partial charge is 0.331 e. The summed E-state index contributed by atoms with van der Waals surface area (Å²) in [6.45, 7) is 0.720. The van der Waals surface area contributed by atoms with Crippen molar-refractivity contribution < 1.29 is 24.2 Å². The third kappa shape index (κ3) is 2.26. The van der Waals surface area contributed by atoms with Gasteiger partial charge in [0.25, 0.3) is 0 Å². The Morgan fingerprint density at radius 2 is 2.15 bits per heavy atom. The number of amides is 2. The number of carbonyl (C=O) groups excluding carboxylic acids is 2. The van der Waals surface area contributed by atoms with Crippen LogP contribution in [0.25, 0.3) is 0 Å². The molecule has 0 radical (unpaired) electrons. The fourth-order valence-electron chi connectivity index (χ4n) is 2.87. The summed E-state index contributed by atoms with van der Waals surface area (Å²) in [7, 11) is 0. The van der Waals surface area contributed by atoms with Crippen LogP contribution in [0.1, 0.15) is 25.7 Å². The predicted molar refractivity (Wildman–Crippen MR) is 66.8 cm³/mol. The van der Waals surface area contributed by atoms with E-state index in [1.807, 2.05) is 0 Å². The number of carboxylic acid groups (broad SMARTS) is 1. The zero-order valence-electron chi connectivity index (χ0n) is 11.1. The molecule has 2 saturated heterocycles. The number of rotatable bonds is 4. The van der Waals surface area contributed by atoms with Crippen LogP contribution in [0.3, 0.4) is 0 Å². The average molecular weight is 282 g/mol. The Hall–Kier alpha value is -1.63. The number of aliphatic carboxylic acids is 1. The first-order chi connectivity index (χ1) is 9.52. The van der Waals surface area contributed by atoms with Gasteiger partial charge in [0, 0.05) is 32.0 Å². The van der Waals surface area contributed by atoms with Crippen molar-refractivity contribution in [3.05, 3.63) is 0 Å². The van der Waals surface area contributed by atoms with E-state index in [1.54, 1.807) is 4.90 Å². The van der Waals surface area contributed by atoms with Crippen molar-refractivity contribution in [2.75, 3.05) is 19.8 Å². The van der Waals surface area contributed by atoms with Crippen molar-refractivity contribution >= 4 is 17.8 Å². The first-order valence-electron chi connectivity index (χ1n) is 6.94. The Bertz CT molecular complexity index is 454. The molecular weight excluding hydrogens is 264 g/mol. The van der Waals surface area contributed by atoms with Crippen molar-refractivity contribution in [2.45, 2.75) is 37.3 Å². The number of ether oxygens (including phenoxy) is 1. The fourth-order valence-corrected chi connectivity index (χ4v) is 2.87. The number of likely N-dealkylation sites (tertiary alicyclic amines) is 1. The molecule has 3 fully saturated rings. The summed E-state index contributed by atoms with van der Waals surface area (Å²) in [5, 5.41) is 11.9. The molecule has 0 aromatic carbocycles. The van der Waals surface area contributed by atoms with Gasteiger partial charge in [0.2, 0.25) is 11.8 Å². The van der Waals surface area contributed by atoms with Gasteiger partial charge in [-0.1, -0.05) is 0 Å². The van der Waals surface area contributed by atoms with Crippen LogP contribution in [0, 0.1) is 5.92 Å². The second kappa shape index (κ2) is 4.73. The molecule has 0 spiro atoms. The lowest BCUT2D eigenvalue weighted by Gasteiger charge is -2.25. The molecule has 0 aromatic heterocycles. The van der Waals surface area contributed by atoms with E-state index in [-0.39, 0.29) is 31.3 Å². The first kappa shape index (κ1) is 13.4. The number of carbonyl (C=O) groups is 3. The Kier molecular flexibility index (Phi) is 3.16. The van der Waals surface area contributed by atoms with E-state index < -0.39 is 17.4 Å². The summed E-state index contributed by atoms with van der Waals surface area (Å²) in [6.07, 6.45) is 2.46. The zero-order chi connectivity index (χ0) is 14.3. The molecule has 7 heteroatoms. The summed E-state index contributed by atoms with van der Waals surface area (Å²) in [5.41, 5.74) is -1.33. The summed E-state index contributed by atoms with van der Waals surface area (Å²) in [5.74, 6) is -1.87. The lowest BCUT2D eigenvalue weighted by atomic mass is 9.97. The molecular formula is C13H18N2O5. The normalized spacial score (nSPS) is 33.5. The second-order valence-corrected chi connectivity index (χ2v) is 5.86. The minimum absolute atomic E-state index is 0.000281. The van der Waals surface area contributed by atoms with Crippen molar-refractivity contribution in [2.24, 2.45) is 5.92 Å². The van der Waals surface area contributed by atoms with Crippen LogP contribution in [-0.2, 0) is 19.1 Å². The van der Waals surface area contributed by atoms with Crippen LogP contribution in [0.5, 0.6) is 0 Å². The summed E-state index contributed by atoms with van der Waals surface area (Å²) < 4.78 is 5.10. The molecule has 2 unspecified atom stereocenters. The lowest BCUT2D eigenvalue weighted by Crippen LogP contribution is -2.56. The molecule has 1 saturated carbocycles. The number of hydrogen-bond acceptors (Lipinski definition) is 4. The molecule has 3 aliphatic rings. The highest BCUT2D eigenvalue weighted by Crippen LogP contribution is 2.33. The highest BCUT2D eigenvalue weighted by Gasteiger charge is 2.47. The summed E-state index contributed by atoms with van der Waals surface area (Å²) in [4.78, 5) is 37.2. The van der Waals surface area contributed by atoms with Crippen LogP contribution in [-0.4, -0.2) is 59.1 Å². The maximum Gasteiger partial charge on any atom is 0.331 e. The Labute approximate surface area is 116 Å². The van der Waals surface area contributed by atoms with Crippen LogP contribution in [0.15, 0.2) is 0 Å².